The molecule has 5 aliphatic heterocycles. The van der Waals surface area contributed by atoms with Gasteiger partial charge >= 0.3 is 5.97 Å². The lowest BCUT2D eigenvalue weighted by Crippen LogP contribution is -2.67. The Labute approximate surface area is 468 Å². The minimum atomic E-state index is -2.18. The number of esters is 1. The molecule has 30 nitrogen and oxygen atoms in total. The number of aliphatic hydroxyl groups excluding tert-OH is 13. The van der Waals surface area contributed by atoms with E-state index in [-0.39, 0.29) is 22.6 Å². The number of aliphatic hydroxyl groups is 13. The molecule has 9 rings (SSSR count). The van der Waals surface area contributed by atoms with Gasteiger partial charge in [-0.1, -0.05) is 12.1 Å². The van der Waals surface area contributed by atoms with Crippen molar-refractivity contribution in [2.24, 2.45) is 0 Å². The van der Waals surface area contributed by atoms with Gasteiger partial charge in [0.05, 0.1) is 25.4 Å². The number of hydrogen-bond acceptors (Lipinski definition) is 30. The average molecular weight is 1180 g/mol. The van der Waals surface area contributed by atoms with Crippen molar-refractivity contribution in [2.75, 3.05) is 19.8 Å². The molecule has 5 fully saturated rings. The van der Waals surface area contributed by atoms with Gasteiger partial charge in [0, 0.05) is 23.8 Å². The van der Waals surface area contributed by atoms with E-state index in [9.17, 15) is 91.3 Å². The van der Waals surface area contributed by atoms with Crippen molar-refractivity contribution in [3.8, 4) is 40.1 Å². The molecule has 30 heteroatoms. The Morgan fingerprint density at radius 1 is 0.578 bits per heavy atom. The molecule has 4 aromatic rings. The topological polar surface area (TPSA) is 472 Å². The van der Waals surface area contributed by atoms with Crippen molar-refractivity contribution >= 4 is 23.0 Å². The van der Waals surface area contributed by atoms with Gasteiger partial charge in [-0.2, -0.15) is 0 Å². The highest BCUT2D eigenvalue weighted by Gasteiger charge is 2.55. The van der Waals surface area contributed by atoms with Gasteiger partial charge in [-0.05, 0) is 61.9 Å². The van der Waals surface area contributed by atoms with Gasteiger partial charge in [0.1, 0.15) is 138 Å². The summed E-state index contributed by atoms with van der Waals surface area (Å²) in [6.07, 6.45) is -40.4. The van der Waals surface area contributed by atoms with Crippen LogP contribution >= 0.6 is 0 Å². The van der Waals surface area contributed by atoms with Crippen LogP contribution in [-0.4, -0.2) is 255 Å². The second kappa shape index (κ2) is 25.8. The zero-order valence-corrected chi connectivity index (χ0v) is 43.8. The molecular formula is C53H64O30. The molecule has 24 atom stereocenters. The first-order chi connectivity index (χ1) is 39.4. The molecule has 5 saturated heterocycles. The van der Waals surface area contributed by atoms with Crippen molar-refractivity contribution in [3.63, 3.8) is 0 Å². The van der Waals surface area contributed by atoms with Gasteiger partial charge in [-0.15, -0.1) is 0 Å². The Bertz CT molecular complexity index is 2920. The normalized spacial score (nSPS) is 38.7. The Hall–Kier alpha value is -5.76. The molecule has 0 saturated carbocycles. The van der Waals surface area contributed by atoms with Gasteiger partial charge in [0.2, 0.25) is 23.8 Å². The lowest BCUT2D eigenvalue weighted by Gasteiger charge is -2.48. The summed E-state index contributed by atoms with van der Waals surface area (Å²) in [5, 5.41) is 171. The van der Waals surface area contributed by atoms with Crippen LogP contribution in [0, 0.1) is 0 Å². The van der Waals surface area contributed by atoms with Crippen molar-refractivity contribution in [1.29, 1.82) is 0 Å². The SMILES string of the molecule is C[C@@H]1O[C@@H](O[C@@H]2CO[C@@H](Oc3ccc(-c4oc5cc(O)cc(O)c5c(=O)c4O[C@@H]4O[C@@H](C)[C@H](O)[C@@H](O)[C@H]4O[C@@H]4O[C@H](COC(=O)C=Cc5ccc(O)cc5)[C@@H](O)[C@H](O)[C@H]4O[C@@H]4O[C@H](CO)[C@@H](O)[C@H](O)[C@H]4O)cc3)[C@H](O)[C@H]2O)[C@H](O)[C@H](O)[C@H]1O. The van der Waals surface area contributed by atoms with Crippen LogP contribution in [-0.2, 0) is 47.4 Å². The summed E-state index contributed by atoms with van der Waals surface area (Å²) >= 11 is 0. The Kier molecular flexibility index (Phi) is 19.2. The molecule has 0 aliphatic carbocycles. The molecule has 83 heavy (non-hydrogen) atoms. The molecule has 1 aromatic heterocycles. The first-order valence-electron chi connectivity index (χ1n) is 26.0. The summed E-state index contributed by atoms with van der Waals surface area (Å²) in [7, 11) is 0. The summed E-state index contributed by atoms with van der Waals surface area (Å²) in [6, 6.07) is 12.8. The molecule has 0 spiro atoms. The van der Waals surface area contributed by atoms with E-state index >= 15 is 0 Å². The minimum Gasteiger partial charge on any atom is -0.508 e. The number of carbonyl (C=O) groups excluding carboxylic acids is 1. The maximum Gasteiger partial charge on any atom is 0.330 e. The van der Waals surface area contributed by atoms with Crippen molar-refractivity contribution < 1.29 is 143 Å². The average Bonchev–Trinajstić information content (AvgIpc) is 2.85. The summed E-state index contributed by atoms with van der Waals surface area (Å²) < 4.78 is 69.7. The third-order valence-corrected chi connectivity index (χ3v) is 14.6. The predicted molar refractivity (Wildman–Crippen MR) is 270 cm³/mol. The number of carbonyl (C=O) groups is 1. The third kappa shape index (κ3) is 13.1. The van der Waals surface area contributed by atoms with Crippen LogP contribution in [0.5, 0.6) is 28.7 Å². The van der Waals surface area contributed by atoms with Crippen LogP contribution in [0.1, 0.15) is 19.4 Å². The number of ether oxygens (including phenoxy) is 11. The molecule has 0 unspecified atom stereocenters. The van der Waals surface area contributed by atoms with E-state index in [1.807, 2.05) is 0 Å². The van der Waals surface area contributed by atoms with E-state index < -0.39 is 207 Å². The van der Waals surface area contributed by atoms with Crippen LogP contribution in [0.2, 0.25) is 0 Å². The fourth-order valence-electron chi connectivity index (χ4n) is 9.78. The molecule has 3 aromatic carbocycles. The van der Waals surface area contributed by atoms with E-state index in [1.54, 1.807) is 0 Å². The highest BCUT2D eigenvalue weighted by Crippen LogP contribution is 2.40. The summed E-state index contributed by atoms with van der Waals surface area (Å²) in [5.74, 6) is -3.59. The maximum absolute atomic E-state index is 14.6. The lowest BCUT2D eigenvalue weighted by atomic mass is 9.96. The highest BCUT2D eigenvalue weighted by molar-refractivity contribution is 5.88. The number of rotatable bonds is 16. The second-order valence-electron chi connectivity index (χ2n) is 20.4. The summed E-state index contributed by atoms with van der Waals surface area (Å²) in [5.41, 5.74) is -1.03. The number of fused-ring (bicyclic) bond motifs is 1. The predicted octanol–water partition coefficient (Wildman–Crippen LogP) is -4.63. The van der Waals surface area contributed by atoms with E-state index in [4.69, 9.17) is 56.5 Å². The Morgan fingerprint density at radius 3 is 1.82 bits per heavy atom. The molecule has 0 amide bonds. The number of hydrogen-bond donors (Lipinski definition) is 16. The Balaban J connectivity index is 0.991. The lowest BCUT2D eigenvalue weighted by molar-refractivity contribution is -0.388. The number of benzene rings is 3. The van der Waals surface area contributed by atoms with Gasteiger partial charge in [0.25, 0.3) is 0 Å². The van der Waals surface area contributed by atoms with E-state index in [0.29, 0.717) is 5.56 Å². The highest BCUT2D eigenvalue weighted by atomic mass is 16.8. The molecule has 0 bridgehead atoms. The first-order valence-corrected chi connectivity index (χ1v) is 26.0. The van der Waals surface area contributed by atoms with Crippen LogP contribution in [0.15, 0.2) is 76.0 Å². The Morgan fingerprint density at radius 2 is 1.14 bits per heavy atom. The van der Waals surface area contributed by atoms with Crippen LogP contribution < -0.4 is 14.9 Å². The first kappa shape index (κ1) is 61.8. The summed E-state index contributed by atoms with van der Waals surface area (Å²) in [4.78, 5) is 27.5. The van der Waals surface area contributed by atoms with Crippen LogP contribution in [0.4, 0.5) is 0 Å². The van der Waals surface area contributed by atoms with Crippen LogP contribution in [0.25, 0.3) is 28.4 Å². The standard InChI is InChI=1S/C53H64O30/c1-18-32(59)38(65)43(70)50(74-18)79-29-17-73-49(42(69)36(29)63)76-24-10-6-21(7-11-24)45-46(37(64)31-25(57)13-23(56)14-26(31)77-45)81-52-47(40(67)33(60)19(2)75-52)83-53-48(82-51-44(71)39(66)34(61)27(15-54)78-51)41(68)35(62)28(80-53)16-72-30(58)12-5-20-3-8-22(55)9-4-20/h3-14,18-19,27-29,32-36,38-44,47-57,59-63,65-71H,15-17H2,1-2H3/t18-,19-,27+,28+,29+,32-,33-,34+,35+,36-,38+,39-,40+,41-,42+,43+,44+,47+,48+,49-,50-,51-,52-,53-/m0/s1. The molecule has 6 heterocycles. The fraction of sp³-hybridized carbons (Fsp3) is 0.547. The van der Waals surface area contributed by atoms with Crippen molar-refractivity contribution in [2.45, 2.75) is 161 Å². The third-order valence-electron chi connectivity index (χ3n) is 14.6. The molecule has 0 radical (unpaired) electrons. The smallest absolute Gasteiger partial charge is 0.330 e. The number of phenols is 3. The quantitative estimate of drug-likeness (QED) is 0.0371. The monoisotopic (exact) mass is 1180 g/mol. The van der Waals surface area contributed by atoms with Gasteiger partial charge in [-0.3, -0.25) is 4.79 Å². The van der Waals surface area contributed by atoms with E-state index in [0.717, 1.165) is 18.2 Å². The summed E-state index contributed by atoms with van der Waals surface area (Å²) in [6.45, 7) is 0.559. The van der Waals surface area contributed by atoms with E-state index in [1.165, 1.54) is 68.5 Å². The zero-order valence-electron chi connectivity index (χ0n) is 43.8. The van der Waals surface area contributed by atoms with Crippen molar-refractivity contribution in [1.82, 2.24) is 0 Å². The maximum atomic E-state index is 14.6. The number of aromatic hydroxyl groups is 3. The molecule has 5 aliphatic rings. The van der Waals surface area contributed by atoms with E-state index in [2.05, 4.69) is 0 Å². The number of phenolic OH excluding ortho intramolecular Hbond substituents is 3. The molecule has 16 N–H and O–H groups in total. The minimum absolute atomic E-state index is 0.00158. The largest absolute Gasteiger partial charge is 0.508 e. The van der Waals surface area contributed by atoms with Gasteiger partial charge in [-0.25, -0.2) is 4.79 Å². The van der Waals surface area contributed by atoms with Crippen LogP contribution in [0.3, 0.4) is 0 Å². The zero-order chi connectivity index (χ0) is 59.9. The fourth-order valence-corrected chi connectivity index (χ4v) is 9.78. The molecular weight excluding hydrogens is 1120 g/mol. The van der Waals surface area contributed by atoms with Gasteiger partial charge in [0.15, 0.2) is 30.7 Å². The second-order valence-corrected chi connectivity index (χ2v) is 20.4. The molecule has 456 valence electrons. The van der Waals surface area contributed by atoms with Crippen molar-refractivity contribution in [3.05, 3.63) is 82.5 Å². The van der Waals surface area contributed by atoms with Gasteiger partial charge < -0.3 is 138 Å².